The highest BCUT2D eigenvalue weighted by atomic mass is 79.9. The third-order valence-corrected chi connectivity index (χ3v) is 4.59. The fraction of sp³-hybridized carbons (Fsp3) is 0.0556. The molecule has 3 rings (SSSR count). The van der Waals surface area contributed by atoms with Gasteiger partial charge in [0.25, 0.3) is 5.91 Å². The minimum absolute atomic E-state index is 0.0990. The molecule has 27 heavy (non-hydrogen) atoms. The van der Waals surface area contributed by atoms with Crippen molar-refractivity contribution in [2.45, 2.75) is 6.54 Å². The van der Waals surface area contributed by atoms with Gasteiger partial charge in [0, 0.05) is 21.3 Å². The molecule has 0 aliphatic carbocycles. The molecule has 2 aromatic carbocycles. The van der Waals surface area contributed by atoms with E-state index in [1.807, 2.05) is 24.3 Å². The largest absolute Gasteiger partial charge is 0.506 e. The molecular weight excluding hydrogens is 455 g/mol. The van der Waals surface area contributed by atoms with Gasteiger partial charge in [-0.3, -0.25) is 9.48 Å². The molecule has 0 fully saturated rings. The topological polar surface area (TPSA) is 79.5 Å². The fourth-order valence-electron chi connectivity index (χ4n) is 2.25. The highest BCUT2D eigenvalue weighted by molar-refractivity contribution is 9.10. The number of rotatable bonds is 5. The Morgan fingerprint density at radius 3 is 2.74 bits per heavy atom. The first-order chi connectivity index (χ1) is 12.9. The number of nitrogens with one attached hydrogen (secondary N) is 1. The standard InChI is InChI=1S/C18H13BrCl2N4O2/c19-13-3-1-11(2-4-13)10-25-6-5-16(24-25)18(27)23-22-9-12-7-14(20)8-15(21)17(12)26/h1-9,26H,10H2,(H,23,27)/b22-9-. The van der Waals surface area contributed by atoms with Crippen molar-refractivity contribution in [3.05, 3.63) is 80.0 Å². The second-order valence-electron chi connectivity index (χ2n) is 5.55. The van der Waals surface area contributed by atoms with E-state index in [4.69, 9.17) is 23.2 Å². The van der Waals surface area contributed by atoms with Crippen molar-refractivity contribution in [2.24, 2.45) is 5.10 Å². The van der Waals surface area contributed by atoms with Gasteiger partial charge >= 0.3 is 0 Å². The summed E-state index contributed by atoms with van der Waals surface area (Å²) in [5.74, 6) is -0.647. The number of phenolic OH excluding ortho intramolecular Hbond substituents is 1. The lowest BCUT2D eigenvalue weighted by Gasteiger charge is -2.03. The fourth-order valence-corrected chi connectivity index (χ4v) is 3.02. The molecule has 0 bridgehead atoms. The van der Waals surface area contributed by atoms with Gasteiger partial charge in [-0.25, -0.2) is 5.43 Å². The normalized spacial score (nSPS) is 11.1. The Morgan fingerprint density at radius 2 is 2.00 bits per heavy atom. The number of carbonyl (C=O) groups is 1. The minimum Gasteiger partial charge on any atom is -0.506 e. The van der Waals surface area contributed by atoms with Crippen molar-refractivity contribution in [1.82, 2.24) is 15.2 Å². The summed E-state index contributed by atoms with van der Waals surface area (Å²) in [5, 5.41) is 18.3. The van der Waals surface area contributed by atoms with Crippen LogP contribution in [0.3, 0.4) is 0 Å². The molecule has 0 spiro atoms. The van der Waals surface area contributed by atoms with Crippen LogP contribution in [0.1, 0.15) is 21.6 Å². The molecule has 0 atom stereocenters. The number of nitrogens with zero attached hydrogens (tertiary/aromatic N) is 3. The molecule has 0 aliphatic rings. The summed E-state index contributed by atoms with van der Waals surface area (Å²) in [4.78, 5) is 12.1. The van der Waals surface area contributed by atoms with Crippen LogP contribution in [0.15, 0.2) is 58.2 Å². The number of amides is 1. The van der Waals surface area contributed by atoms with Crippen molar-refractivity contribution in [1.29, 1.82) is 0 Å². The van der Waals surface area contributed by atoms with Crippen LogP contribution in [0.25, 0.3) is 0 Å². The van der Waals surface area contributed by atoms with Crippen molar-refractivity contribution in [2.75, 3.05) is 0 Å². The molecule has 0 radical (unpaired) electrons. The van der Waals surface area contributed by atoms with Crippen LogP contribution in [0, 0.1) is 0 Å². The predicted octanol–water partition coefficient (Wildman–Crippen LogP) is 4.47. The minimum atomic E-state index is -0.478. The number of benzene rings is 2. The molecule has 0 unspecified atom stereocenters. The number of halogens is 3. The van der Waals surface area contributed by atoms with Gasteiger partial charge in [-0.05, 0) is 35.9 Å². The molecule has 6 nitrogen and oxygen atoms in total. The number of aromatic nitrogens is 2. The third-order valence-electron chi connectivity index (χ3n) is 3.56. The monoisotopic (exact) mass is 466 g/mol. The highest BCUT2D eigenvalue weighted by Gasteiger charge is 2.10. The Morgan fingerprint density at radius 1 is 1.26 bits per heavy atom. The van der Waals surface area contributed by atoms with Crippen LogP contribution < -0.4 is 5.43 Å². The molecule has 2 N–H and O–H groups in total. The van der Waals surface area contributed by atoms with Gasteiger partial charge in [0.2, 0.25) is 0 Å². The number of carbonyl (C=O) groups excluding carboxylic acids is 1. The summed E-state index contributed by atoms with van der Waals surface area (Å²) < 4.78 is 2.65. The summed E-state index contributed by atoms with van der Waals surface area (Å²) in [5.41, 5.74) is 3.91. The molecule has 0 saturated heterocycles. The van der Waals surface area contributed by atoms with Crippen LogP contribution >= 0.6 is 39.1 Å². The molecule has 9 heteroatoms. The summed E-state index contributed by atoms with van der Waals surface area (Å²) >= 11 is 15.1. The Kier molecular flexibility index (Phi) is 6.15. The van der Waals surface area contributed by atoms with E-state index in [1.165, 1.54) is 18.3 Å². The lowest BCUT2D eigenvalue weighted by atomic mass is 10.2. The highest BCUT2D eigenvalue weighted by Crippen LogP contribution is 2.29. The number of hydrogen-bond donors (Lipinski definition) is 2. The maximum Gasteiger partial charge on any atom is 0.291 e. The Balaban J connectivity index is 1.63. The van der Waals surface area contributed by atoms with E-state index in [2.05, 4.69) is 31.6 Å². The van der Waals surface area contributed by atoms with E-state index in [1.54, 1.807) is 16.9 Å². The van der Waals surface area contributed by atoms with Crippen molar-refractivity contribution < 1.29 is 9.90 Å². The molecular formula is C18H13BrCl2N4O2. The molecule has 1 aromatic heterocycles. The van der Waals surface area contributed by atoms with E-state index in [-0.39, 0.29) is 22.0 Å². The third kappa shape index (κ3) is 5.09. The van der Waals surface area contributed by atoms with E-state index in [0.29, 0.717) is 11.6 Å². The van der Waals surface area contributed by atoms with Crippen LogP contribution in [0.5, 0.6) is 5.75 Å². The van der Waals surface area contributed by atoms with Crippen LogP contribution in [-0.2, 0) is 6.54 Å². The van der Waals surface area contributed by atoms with Crippen LogP contribution in [0.2, 0.25) is 10.0 Å². The zero-order chi connectivity index (χ0) is 19.4. The van der Waals surface area contributed by atoms with Crippen molar-refractivity contribution in [3.63, 3.8) is 0 Å². The first-order valence-corrected chi connectivity index (χ1v) is 9.26. The molecule has 138 valence electrons. The van der Waals surface area contributed by atoms with Gasteiger partial charge in [0.05, 0.1) is 17.8 Å². The Bertz CT molecular complexity index is 1000. The Hall–Kier alpha value is -2.35. The van der Waals surface area contributed by atoms with Gasteiger partial charge in [0.1, 0.15) is 5.75 Å². The van der Waals surface area contributed by atoms with Crippen LogP contribution in [-0.4, -0.2) is 27.0 Å². The van der Waals surface area contributed by atoms with Crippen molar-refractivity contribution >= 4 is 51.3 Å². The Labute approximate surface area is 173 Å². The van der Waals surface area contributed by atoms with E-state index in [9.17, 15) is 9.90 Å². The lowest BCUT2D eigenvalue weighted by Crippen LogP contribution is -2.18. The number of hydrogen-bond acceptors (Lipinski definition) is 4. The number of phenols is 1. The second-order valence-corrected chi connectivity index (χ2v) is 7.31. The second kappa shape index (κ2) is 8.56. The van der Waals surface area contributed by atoms with Gasteiger partial charge in [-0.15, -0.1) is 0 Å². The van der Waals surface area contributed by atoms with Gasteiger partial charge < -0.3 is 5.11 Å². The quantitative estimate of drug-likeness (QED) is 0.429. The van der Waals surface area contributed by atoms with E-state index in [0.717, 1.165) is 10.0 Å². The van der Waals surface area contributed by atoms with Gasteiger partial charge in [-0.1, -0.05) is 51.3 Å². The smallest absolute Gasteiger partial charge is 0.291 e. The zero-order valence-electron chi connectivity index (χ0n) is 13.7. The average molecular weight is 468 g/mol. The van der Waals surface area contributed by atoms with Gasteiger partial charge in [0.15, 0.2) is 5.69 Å². The number of hydrazone groups is 1. The molecule has 0 saturated carbocycles. The molecule has 1 heterocycles. The zero-order valence-corrected chi connectivity index (χ0v) is 16.8. The van der Waals surface area contributed by atoms with Crippen LogP contribution in [0.4, 0.5) is 0 Å². The molecule has 3 aromatic rings. The lowest BCUT2D eigenvalue weighted by molar-refractivity contribution is 0.0949. The maximum atomic E-state index is 12.1. The summed E-state index contributed by atoms with van der Waals surface area (Å²) in [7, 11) is 0. The number of aromatic hydroxyl groups is 1. The SMILES string of the molecule is O=C(N/N=C\c1cc(Cl)cc(Cl)c1O)c1ccn(Cc2ccc(Br)cc2)n1. The average Bonchev–Trinajstić information content (AvgIpc) is 3.09. The molecule has 0 aliphatic heterocycles. The van der Waals surface area contributed by atoms with E-state index >= 15 is 0 Å². The summed E-state index contributed by atoms with van der Waals surface area (Å²) in [6.45, 7) is 0.540. The first-order valence-electron chi connectivity index (χ1n) is 7.71. The molecule has 1 amide bonds. The maximum absolute atomic E-state index is 12.1. The summed E-state index contributed by atoms with van der Waals surface area (Å²) in [6, 6.07) is 12.3. The van der Waals surface area contributed by atoms with E-state index < -0.39 is 5.91 Å². The van der Waals surface area contributed by atoms with Gasteiger partial charge in [-0.2, -0.15) is 10.2 Å². The summed E-state index contributed by atoms with van der Waals surface area (Å²) in [6.07, 6.45) is 2.97. The van der Waals surface area contributed by atoms with Crippen molar-refractivity contribution in [3.8, 4) is 5.75 Å². The predicted molar refractivity (Wildman–Crippen MR) is 109 cm³/mol. The first kappa shape index (κ1) is 19.4.